The van der Waals surface area contributed by atoms with Gasteiger partial charge in [-0.2, -0.15) is 0 Å². The molecule has 0 aliphatic carbocycles. The Balaban J connectivity index is 5.28. The van der Waals surface area contributed by atoms with Crippen molar-refractivity contribution in [1.29, 1.82) is 0 Å². The molecule has 0 aliphatic rings. The molecule has 0 aromatic carbocycles. The summed E-state index contributed by atoms with van der Waals surface area (Å²) >= 11 is 0. The average Bonchev–Trinajstić information content (AvgIpc) is 3.63. The molecule has 0 aromatic rings. The topological polar surface area (TPSA) is 237 Å². The van der Waals surface area contributed by atoms with E-state index < -0.39 is 97.5 Å². The summed E-state index contributed by atoms with van der Waals surface area (Å²) in [4.78, 5) is 72.3. The Hall–Kier alpha value is -2.46. The van der Waals surface area contributed by atoms with E-state index >= 15 is 0 Å². The molecule has 17 nitrogen and oxygen atoms in total. The van der Waals surface area contributed by atoms with Crippen molar-refractivity contribution in [3.05, 3.63) is 24.3 Å². The molecule has 0 bridgehead atoms. The molecule has 0 spiro atoms. The summed E-state index contributed by atoms with van der Waals surface area (Å²) in [6.07, 6.45) is 45.3. The van der Waals surface area contributed by atoms with Crippen molar-refractivity contribution in [2.45, 2.75) is 330 Å². The van der Waals surface area contributed by atoms with Crippen LogP contribution >= 0.6 is 15.6 Å². The number of aliphatic hydroxyl groups excluding tert-OH is 1. The first-order chi connectivity index (χ1) is 41.4. The van der Waals surface area contributed by atoms with Gasteiger partial charge in [-0.1, -0.05) is 258 Å². The number of rotatable bonds is 64. The quantitative estimate of drug-likeness (QED) is 0.0169. The first-order valence-corrected chi connectivity index (χ1v) is 37.3. The number of allylic oxidation sites excluding steroid dienone is 4. The lowest BCUT2D eigenvalue weighted by Gasteiger charge is -2.21. The molecule has 86 heavy (non-hydrogen) atoms. The van der Waals surface area contributed by atoms with Gasteiger partial charge in [-0.25, -0.2) is 9.13 Å². The number of phosphoric acid groups is 2. The number of hydrogen-bond donors (Lipinski definition) is 3. The van der Waals surface area contributed by atoms with Crippen molar-refractivity contribution in [2.75, 3.05) is 39.6 Å². The van der Waals surface area contributed by atoms with Crippen LogP contribution in [0.1, 0.15) is 311 Å². The van der Waals surface area contributed by atoms with Gasteiger partial charge in [0.1, 0.15) is 19.3 Å². The van der Waals surface area contributed by atoms with Crippen molar-refractivity contribution >= 4 is 39.5 Å². The third-order valence-electron chi connectivity index (χ3n) is 15.2. The molecular formula is C67H126O17P2. The van der Waals surface area contributed by atoms with Gasteiger partial charge in [-0.05, 0) is 63.2 Å². The lowest BCUT2D eigenvalue weighted by Crippen LogP contribution is -2.30. The molecule has 0 heterocycles. The van der Waals surface area contributed by atoms with E-state index in [4.69, 9.17) is 37.0 Å². The minimum Gasteiger partial charge on any atom is -0.462 e. The van der Waals surface area contributed by atoms with Crippen molar-refractivity contribution in [2.24, 2.45) is 11.8 Å². The van der Waals surface area contributed by atoms with Crippen LogP contribution in [-0.4, -0.2) is 96.7 Å². The molecule has 3 unspecified atom stereocenters. The Bertz CT molecular complexity index is 1780. The number of carbonyl (C=O) groups is 4. The van der Waals surface area contributed by atoms with Crippen LogP contribution in [0, 0.1) is 11.8 Å². The van der Waals surface area contributed by atoms with Gasteiger partial charge in [0, 0.05) is 25.7 Å². The van der Waals surface area contributed by atoms with Crippen molar-refractivity contribution < 1.29 is 80.2 Å². The first-order valence-electron chi connectivity index (χ1n) is 34.3. The summed E-state index contributed by atoms with van der Waals surface area (Å²) in [5, 5.41) is 10.5. The molecule has 0 aromatic heterocycles. The third kappa shape index (κ3) is 59.2. The van der Waals surface area contributed by atoms with E-state index in [1.54, 1.807) is 0 Å². The fourth-order valence-corrected chi connectivity index (χ4v) is 11.1. The molecule has 0 saturated carbocycles. The zero-order valence-electron chi connectivity index (χ0n) is 55.1. The molecule has 6 atom stereocenters. The Morgan fingerprint density at radius 2 is 0.686 bits per heavy atom. The fourth-order valence-electron chi connectivity index (χ4n) is 9.49. The number of aliphatic hydroxyl groups is 1. The largest absolute Gasteiger partial charge is 0.472 e. The standard InChI is InChI=1S/C67H126O17P2/c1-7-10-12-14-16-18-19-20-21-22-23-27-32-39-45-51-66(71)83-62(55-78-65(70)50-44-38-31-28-24-26-29-35-41-47-59(4)5)57-81-85(73,74)79-53-61(68)54-80-86(75,76)82-58-63(56-77-64(69)49-43-37-30-25-17-15-13-11-8-2)84-67(72)52-46-40-34-33-36-42-48-60(6)9-3/h18-21,59-63,68H,7-17,22-58H2,1-6H3,(H,73,74)(H,75,76)/b19-18-,21-20-/t60?,61-,62-,63-/m1/s1. The zero-order valence-corrected chi connectivity index (χ0v) is 56.9. The number of ether oxygens (including phenoxy) is 4. The lowest BCUT2D eigenvalue weighted by molar-refractivity contribution is -0.161. The molecule has 0 fully saturated rings. The van der Waals surface area contributed by atoms with E-state index in [9.17, 15) is 43.2 Å². The normalized spacial score (nSPS) is 14.7. The summed E-state index contributed by atoms with van der Waals surface area (Å²) in [5.74, 6) is -0.704. The second-order valence-electron chi connectivity index (χ2n) is 24.2. The maximum atomic E-state index is 13.0. The monoisotopic (exact) mass is 1260 g/mol. The van der Waals surface area contributed by atoms with Gasteiger partial charge in [0.15, 0.2) is 12.2 Å². The summed E-state index contributed by atoms with van der Waals surface area (Å²) in [7, 11) is -9.90. The number of phosphoric ester groups is 2. The number of hydrogen-bond acceptors (Lipinski definition) is 15. The summed E-state index contributed by atoms with van der Waals surface area (Å²) in [6.45, 7) is 9.36. The molecule has 0 aliphatic heterocycles. The van der Waals surface area contributed by atoms with Gasteiger partial charge in [0.05, 0.1) is 26.4 Å². The van der Waals surface area contributed by atoms with Crippen LogP contribution < -0.4 is 0 Å². The number of unbranched alkanes of at least 4 members (excludes halogenated alkanes) is 30. The highest BCUT2D eigenvalue weighted by molar-refractivity contribution is 7.47. The molecule has 0 saturated heterocycles. The van der Waals surface area contributed by atoms with Gasteiger partial charge in [-0.3, -0.25) is 37.3 Å². The zero-order chi connectivity index (χ0) is 63.6. The molecule has 0 amide bonds. The second-order valence-corrected chi connectivity index (χ2v) is 27.1. The van der Waals surface area contributed by atoms with Crippen LogP contribution in [0.3, 0.4) is 0 Å². The minimum atomic E-state index is -4.96. The van der Waals surface area contributed by atoms with Crippen LogP contribution in [0.25, 0.3) is 0 Å². The third-order valence-corrected chi connectivity index (χ3v) is 17.1. The van der Waals surface area contributed by atoms with Crippen molar-refractivity contribution in [1.82, 2.24) is 0 Å². The molecular weight excluding hydrogens is 1140 g/mol. The molecule has 0 radical (unpaired) electrons. The Morgan fingerprint density at radius 1 is 0.384 bits per heavy atom. The van der Waals surface area contributed by atoms with Crippen molar-refractivity contribution in [3.63, 3.8) is 0 Å². The fraction of sp³-hybridized carbons (Fsp3) is 0.881. The van der Waals surface area contributed by atoms with Gasteiger partial charge in [0.25, 0.3) is 0 Å². The predicted molar refractivity (Wildman–Crippen MR) is 344 cm³/mol. The van der Waals surface area contributed by atoms with Crippen LogP contribution in [0.5, 0.6) is 0 Å². The Morgan fingerprint density at radius 3 is 1.05 bits per heavy atom. The second kappa shape index (κ2) is 58.9. The van der Waals surface area contributed by atoms with Crippen LogP contribution in [0.2, 0.25) is 0 Å². The van der Waals surface area contributed by atoms with E-state index in [0.717, 1.165) is 115 Å². The maximum Gasteiger partial charge on any atom is 0.472 e. The molecule has 506 valence electrons. The predicted octanol–water partition coefficient (Wildman–Crippen LogP) is 18.4. The Labute approximate surface area is 522 Å². The smallest absolute Gasteiger partial charge is 0.462 e. The average molecular weight is 1270 g/mol. The van der Waals surface area contributed by atoms with Crippen LogP contribution in [-0.2, 0) is 65.4 Å². The lowest BCUT2D eigenvalue weighted by atomic mass is 10.00. The SMILES string of the molecule is CCCCCC/C=C\C=C/CCCCCCCC(=O)O[C@H](COC(=O)CCCCCCCCCCCC(C)C)COP(=O)(O)OC[C@@H](O)COP(=O)(O)OC[C@@H](COC(=O)CCCCCCCCCCC)OC(=O)CCCCCCCCC(C)CC. The summed E-state index contributed by atoms with van der Waals surface area (Å²) in [6, 6.07) is 0. The van der Waals surface area contributed by atoms with E-state index in [1.165, 1.54) is 116 Å². The van der Waals surface area contributed by atoms with Gasteiger partial charge in [-0.15, -0.1) is 0 Å². The highest BCUT2D eigenvalue weighted by Crippen LogP contribution is 2.45. The highest BCUT2D eigenvalue weighted by atomic mass is 31.2. The molecule has 0 rings (SSSR count). The van der Waals surface area contributed by atoms with Gasteiger partial charge >= 0.3 is 39.5 Å². The van der Waals surface area contributed by atoms with E-state index in [-0.39, 0.29) is 25.7 Å². The van der Waals surface area contributed by atoms with E-state index in [1.807, 2.05) is 0 Å². The van der Waals surface area contributed by atoms with Crippen LogP contribution in [0.15, 0.2) is 24.3 Å². The van der Waals surface area contributed by atoms with Gasteiger partial charge < -0.3 is 33.8 Å². The first kappa shape index (κ1) is 83.5. The van der Waals surface area contributed by atoms with Crippen LogP contribution in [0.4, 0.5) is 0 Å². The van der Waals surface area contributed by atoms with Crippen molar-refractivity contribution in [3.8, 4) is 0 Å². The summed E-state index contributed by atoms with van der Waals surface area (Å²) in [5.41, 5.74) is 0. The summed E-state index contributed by atoms with van der Waals surface area (Å²) < 4.78 is 68.0. The number of carbonyl (C=O) groups excluding carboxylic acids is 4. The van der Waals surface area contributed by atoms with Gasteiger partial charge in [0.2, 0.25) is 0 Å². The van der Waals surface area contributed by atoms with E-state index in [0.29, 0.717) is 25.7 Å². The minimum absolute atomic E-state index is 0.0843. The molecule has 19 heteroatoms. The molecule has 3 N–H and O–H groups in total. The maximum absolute atomic E-state index is 13.0. The Kier molecular flexibility index (Phi) is 57.2. The number of esters is 4. The van der Waals surface area contributed by atoms with E-state index in [2.05, 4.69) is 65.8 Å². The highest BCUT2D eigenvalue weighted by Gasteiger charge is 2.30.